The zero-order chi connectivity index (χ0) is 19.1. The summed E-state index contributed by atoms with van der Waals surface area (Å²) >= 11 is 0. The SMILES string of the molecule is C[C@@H]1CN(C(=O)c2nn(-c3ccccc3F)c3c2CCC3)CC(C(=O)O)O1. The van der Waals surface area contributed by atoms with E-state index in [1.54, 1.807) is 25.1 Å². The van der Waals surface area contributed by atoms with E-state index in [2.05, 4.69) is 5.10 Å². The van der Waals surface area contributed by atoms with Crippen molar-refractivity contribution in [2.24, 2.45) is 0 Å². The molecule has 0 saturated carbocycles. The van der Waals surface area contributed by atoms with Crippen LogP contribution in [0.2, 0.25) is 0 Å². The fourth-order valence-corrected chi connectivity index (χ4v) is 3.84. The van der Waals surface area contributed by atoms with Crippen molar-refractivity contribution in [1.82, 2.24) is 14.7 Å². The summed E-state index contributed by atoms with van der Waals surface area (Å²) in [6, 6.07) is 6.33. The second kappa shape index (κ2) is 6.77. The van der Waals surface area contributed by atoms with Gasteiger partial charge in [-0.25, -0.2) is 13.9 Å². The number of ether oxygens (including phenoxy) is 1. The van der Waals surface area contributed by atoms with E-state index in [0.29, 0.717) is 18.7 Å². The monoisotopic (exact) mass is 373 g/mol. The third kappa shape index (κ3) is 3.10. The molecule has 2 aromatic rings. The first-order chi connectivity index (χ1) is 13.0. The van der Waals surface area contributed by atoms with Crippen LogP contribution in [-0.2, 0) is 22.4 Å². The van der Waals surface area contributed by atoms with Gasteiger partial charge in [0.25, 0.3) is 5.91 Å². The van der Waals surface area contributed by atoms with Gasteiger partial charge in [-0.2, -0.15) is 5.10 Å². The first-order valence-corrected chi connectivity index (χ1v) is 8.99. The van der Waals surface area contributed by atoms with E-state index in [0.717, 1.165) is 24.1 Å². The summed E-state index contributed by atoms with van der Waals surface area (Å²) in [6.07, 6.45) is 0.859. The lowest BCUT2D eigenvalue weighted by Gasteiger charge is -2.34. The molecule has 1 aliphatic heterocycles. The number of fused-ring (bicyclic) bond motifs is 1. The van der Waals surface area contributed by atoms with Crippen molar-refractivity contribution >= 4 is 11.9 Å². The van der Waals surface area contributed by atoms with E-state index >= 15 is 0 Å². The molecular weight excluding hydrogens is 353 g/mol. The number of hydrogen-bond donors (Lipinski definition) is 1. The number of carbonyl (C=O) groups excluding carboxylic acids is 1. The highest BCUT2D eigenvalue weighted by Gasteiger charge is 2.36. The quantitative estimate of drug-likeness (QED) is 0.887. The van der Waals surface area contributed by atoms with Gasteiger partial charge in [0.15, 0.2) is 11.8 Å². The Morgan fingerprint density at radius 1 is 1.26 bits per heavy atom. The Hall–Kier alpha value is -2.74. The van der Waals surface area contributed by atoms with Gasteiger partial charge in [-0.3, -0.25) is 4.79 Å². The van der Waals surface area contributed by atoms with E-state index in [-0.39, 0.29) is 24.2 Å². The van der Waals surface area contributed by atoms with Crippen molar-refractivity contribution in [3.05, 3.63) is 47.0 Å². The van der Waals surface area contributed by atoms with Crippen LogP contribution >= 0.6 is 0 Å². The smallest absolute Gasteiger partial charge is 0.334 e. The molecule has 2 aliphatic rings. The summed E-state index contributed by atoms with van der Waals surface area (Å²) in [5.74, 6) is -1.83. The van der Waals surface area contributed by atoms with E-state index in [1.807, 2.05) is 0 Å². The molecule has 8 heteroatoms. The van der Waals surface area contributed by atoms with E-state index < -0.39 is 17.9 Å². The van der Waals surface area contributed by atoms with Crippen molar-refractivity contribution in [3.63, 3.8) is 0 Å². The van der Waals surface area contributed by atoms with Gasteiger partial charge < -0.3 is 14.7 Å². The second-order valence-electron chi connectivity index (χ2n) is 6.97. The minimum Gasteiger partial charge on any atom is -0.479 e. The van der Waals surface area contributed by atoms with Crippen LogP contribution in [0.4, 0.5) is 4.39 Å². The Labute approximate surface area is 155 Å². The van der Waals surface area contributed by atoms with Gasteiger partial charge in [0.05, 0.1) is 12.6 Å². The lowest BCUT2D eigenvalue weighted by atomic mass is 10.1. The minimum atomic E-state index is -1.10. The largest absolute Gasteiger partial charge is 0.479 e. The third-order valence-electron chi connectivity index (χ3n) is 5.04. The van der Waals surface area contributed by atoms with Crippen LogP contribution in [0.15, 0.2) is 24.3 Å². The Morgan fingerprint density at radius 2 is 2.04 bits per heavy atom. The fraction of sp³-hybridized carbons (Fsp3) is 0.421. The summed E-state index contributed by atoms with van der Waals surface area (Å²) in [7, 11) is 0. The van der Waals surface area contributed by atoms with E-state index in [9.17, 15) is 19.1 Å². The van der Waals surface area contributed by atoms with Crippen LogP contribution < -0.4 is 0 Å². The predicted octanol–water partition coefficient (Wildman–Crippen LogP) is 1.81. The van der Waals surface area contributed by atoms with Gasteiger partial charge in [-0.1, -0.05) is 12.1 Å². The molecule has 2 atom stereocenters. The fourth-order valence-electron chi connectivity index (χ4n) is 3.84. The second-order valence-corrected chi connectivity index (χ2v) is 6.97. The molecule has 1 N–H and O–H groups in total. The molecule has 1 aliphatic carbocycles. The van der Waals surface area contributed by atoms with Gasteiger partial charge >= 0.3 is 5.97 Å². The first-order valence-electron chi connectivity index (χ1n) is 8.99. The number of rotatable bonds is 3. The van der Waals surface area contributed by atoms with Crippen LogP contribution in [0.25, 0.3) is 5.69 Å². The van der Waals surface area contributed by atoms with Crippen molar-refractivity contribution in [3.8, 4) is 5.69 Å². The molecule has 2 heterocycles. The summed E-state index contributed by atoms with van der Waals surface area (Å²) in [6.45, 7) is 2.00. The Bertz CT molecular complexity index is 910. The molecule has 0 radical (unpaired) electrons. The molecule has 27 heavy (non-hydrogen) atoms. The van der Waals surface area contributed by atoms with Crippen molar-refractivity contribution in [2.45, 2.75) is 38.4 Å². The number of morpholine rings is 1. The lowest BCUT2D eigenvalue weighted by molar-refractivity contribution is -0.160. The molecule has 4 rings (SSSR count). The molecule has 1 unspecified atom stereocenters. The first kappa shape index (κ1) is 17.7. The Morgan fingerprint density at radius 3 is 2.78 bits per heavy atom. The van der Waals surface area contributed by atoms with Crippen LogP contribution in [0.5, 0.6) is 0 Å². The normalized spacial score (nSPS) is 21.9. The number of carboxylic acids is 1. The minimum absolute atomic E-state index is 0.0279. The standard InChI is InChI=1S/C19H20FN3O4/c1-11-9-22(10-16(27-11)19(25)26)18(24)17-12-5-4-8-14(12)23(21-17)15-7-3-2-6-13(15)20/h2-3,6-7,11,16H,4-5,8-10H2,1H3,(H,25,26)/t11-,16?/m1/s1. The molecule has 1 amide bonds. The van der Waals surface area contributed by atoms with Crippen LogP contribution in [-0.4, -0.2) is 57.0 Å². The highest BCUT2D eigenvalue weighted by atomic mass is 19.1. The molecule has 142 valence electrons. The third-order valence-corrected chi connectivity index (χ3v) is 5.04. The van der Waals surface area contributed by atoms with Gasteiger partial charge in [0, 0.05) is 17.8 Å². The summed E-state index contributed by atoms with van der Waals surface area (Å²) in [5, 5.41) is 13.7. The Balaban J connectivity index is 1.70. The number of halogens is 1. The summed E-state index contributed by atoms with van der Waals surface area (Å²) in [5.41, 5.74) is 2.27. The molecule has 0 bridgehead atoms. The average Bonchev–Trinajstić information content (AvgIpc) is 3.24. The van der Waals surface area contributed by atoms with Crippen LogP contribution in [0.1, 0.15) is 35.1 Å². The number of aliphatic carboxylic acids is 1. The molecule has 7 nitrogen and oxygen atoms in total. The summed E-state index contributed by atoms with van der Waals surface area (Å²) < 4.78 is 21.2. The maximum atomic E-state index is 14.3. The summed E-state index contributed by atoms with van der Waals surface area (Å²) in [4.78, 5) is 25.9. The van der Waals surface area contributed by atoms with Gasteiger partial charge in [-0.15, -0.1) is 0 Å². The molecule has 1 saturated heterocycles. The van der Waals surface area contributed by atoms with E-state index in [1.165, 1.54) is 15.6 Å². The molecular formula is C19H20FN3O4. The van der Waals surface area contributed by atoms with Crippen LogP contribution in [0, 0.1) is 5.82 Å². The van der Waals surface area contributed by atoms with Crippen molar-refractivity contribution < 1.29 is 23.8 Å². The highest BCUT2D eigenvalue weighted by molar-refractivity contribution is 5.95. The zero-order valence-corrected chi connectivity index (χ0v) is 14.9. The number of benzene rings is 1. The Kier molecular flexibility index (Phi) is 4.43. The molecule has 1 aromatic carbocycles. The average molecular weight is 373 g/mol. The molecule has 1 aromatic heterocycles. The number of hydrogen-bond acceptors (Lipinski definition) is 4. The number of amides is 1. The maximum Gasteiger partial charge on any atom is 0.334 e. The molecule has 1 fully saturated rings. The number of carboxylic acid groups (broad SMARTS) is 1. The van der Waals surface area contributed by atoms with Gasteiger partial charge in [-0.05, 0) is 38.3 Å². The predicted molar refractivity (Wildman–Crippen MR) is 93.4 cm³/mol. The highest BCUT2D eigenvalue weighted by Crippen LogP contribution is 2.30. The van der Waals surface area contributed by atoms with Crippen molar-refractivity contribution in [1.29, 1.82) is 0 Å². The number of para-hydroxylation sites is 1. The van der Waals surface area contributed by atoms with Crippen LogP contribution in [0.3, 0.4) is 0 Å². The maximum absolute atomic E-state index is 14.3. The van der Waals surface area contributed by atoms with Gasteiger partial charge in [0.1, 0.15) is 11.5 Å². The zero-order valence-electron chi connectivity index (χ0n) is 14.9. The van der Waals surface area contributed by atoms with Gasteiger partial charge in [0.2, 0.25) is 0 Å². The number of carbonyl (C=O) groups is 2. The number of nitrogens with zero attached hydrogens (tertiary/aromatic N) is 3. The number of aromatic nitrogens is 2. The van der Waals surface area contributed by atoms with E-state index in [4.69, 9.17) is 4.74 Å². The van der Waals surface area contributed by atoms with Crippen molar-refractivity contribution in [2.75, 3.05) is 13.1 Å². The topological polar surface area (TPSA) is 84.7 Å². The molecule has 0 spiro atoms. The lowest BCUT2D eigenvalue weighted by Crippen LogP contribution is -2.52.